The molecule has 1 aromatic heterocycles. The third-order valence-corrected chi connectivity index (χ3v) is 5.61. The molecule has 0 amide bonds. The largest absolute Gasteiger partial charge is 0.497 e. The number of rotatable bonds is 6. The average Bonchev–Trinajstić information content (AvgIpc) is 3.18. The van der Waals surface area contributed by atoms with Gasteiger partial charge in [0.05, 0.1) is 17.7 Å². The maximum absolute atomic E-state index is 11.3. The van der Waals surface area contributed by atoms with E-state index >= 15 is 0 Å². The molecule has 0 atom stereocenters. The number of aromatic nitrogens is 1. The summed E-state index contributed by atoms with van der Waals surface area (Å²) in [6, 6.07) is 15.5. The first-order chi connectivity index (χ1) is 13.4. The third kappa shape index (κ3) is 4.55. The Hall–Kier alpha value is -3.19. The minimum atomic E-state index is -3.74. The molecule has 0 fully saturated rings. The number of benzene rings is 2. The summed E-state index contributed by atoms with van der Waals surface area (Å²) in [4.78, 5) is 4.54. The summed E-state index contributed by atoms with van der Waals surface area (Å²) in [5, 5.41) is 19.9. The van der Waals surface area contributed by atoms with E-state index in [1.165, 1.54) is 29.7 Å². The Kier molecular flexibility index (Phi) is 5.75. The zero-order valence-corrected chi connectivity index (χ0v) is 16.4. The van der Waals surface area contributed by atoms with Gasteiger partial charge in [-0.25, -0.2) is 18.5 Å². The second-order valence-corrected chi connectivity index (χ2v) is 8.07. The van der Waals surface area contributed by atoms with Gasteiger partial charge in [-0.3, -0.25) is 0 Å². The molecule has 0 bridgehead atoms. The van der Waals surface area contributed by atoms with Crippen LogP contribution in [-0.2, 0) is 10.0 Å². The van der Waals surface area contributed by atoms with Gasteiger partial charge in [0.15, 0.2) is 0 Å². The molecule has 0 aliphatic heterocycles. The van der Waals surface area contributed by atoms with Crippen molar-refractivity contribution < 1.29 is 13.2 Å². The smallest absolute Gasteiger partial charge is 0.238 e. The molecule has 0 unspecified atom stereocenters. The van der Waals surface area contributed by atoms with Crippen LogP contribution < -0.4 is 15.2 Å². The molecular weight excluding hydrogens is 396 g/mol. The molecule has 0 aliphatic rings. The van der Waals surface area contributed by atoms with Crippen LogP contribution in [0.15, 0.2) is 65.0 Å². The van der Waals surface area contributed by atoms with Crippen LogP contribution in [0.3, 0.4) is 0 Å². The molecule has 3 aromatic rings. The quantitative estimate of drug-likeness (QED) is 0.599. The van der Waals surface area contributed by atoms with Crippen molar-refractivity contribution in [2.45, 2.75) is 4.90 Å². The predicted octanol–water partition coefficient (Wildman–Crippen LogP) is 3.44. The summed E-state index contributed by atoms with van der Waals surface area (Å²) < 4.78 is 27.7. The summed E-state index contributed by atoms with van der Waals surface area (Å²) in [6.07, 6.45) is 1.53. The minimum Gasteiger partial charge on any atom is -0.497 e. The van der Waals surface area contributed by atoms with Gasteiger partial charge in [0.1, 0.15) is 22.4 Å². The van der Waals surface area contributed by atoms with Crippen molar-refractivity contribution in [3.63, 3.8) is 0 Å². The Morgan fingerprint density at radius 1 is 1.21 bits per heavy atom. The lowest BCUT2D eigenvalue weighted by Crippen LogP contribution is -2.11. The molecule has 0 spiro atoms. The van der Waals surface area contributed by atoms with Gasteiger partial charge in [0.25, 0.3) is 0 Å². The number of ether oxygens (including phenoxy) is 1. The summed E-state index contributed by atoms with van der Waals surface area (Å²) in [5.41, 5.74) is 2.67. The fraction of sp³-hybridized carbons (Fsp3) is 0.0526. The molecule has 3 N–H and O–H groups in total. The second-order valence-electron chi connectivity index (χ2n) is 5.65. The van der Waals surface area contributed by atoms with Crippen molar-refractivity contribution in [2.75, 3.05) is 12.4 Å². The highest BCUT2D eigenvalue weighted by molar-refractivity contribution is 7.89. The number of methoxy groups -OCH3 is 1. The van der Waals surface area contributed by atoms with Crippen LogP contribution in [0.4, 0.5) is 5.69 Å². The van der Waals surface area contributed by atoms with Crippen LogP contribution in [0.2, 0.25) is 0 Å². The van der Waals surface area contributed by atoms with Gasteiger partial charge in [0, 0.05) is 22.8 Å². The Balaban J connectivity index is 1.78. The van der Waals surface area contributed by atoms with Crippen LogP contribution in [0.25, 0.3) is 16.8 Å². The van der Waals surface area contributed by atoms with Gasteiger partial charge in [0.2, 0.25) is 10.0 Å². The van der Waals surface area contributed by atoms with Gasteiger partial charge >= 0.3 is 0 Å². The first kappa shape index (κ1) is 19.6. The number of primary sulfonamides is 1. The van der Waals surface area contributed by atoms with Crippen LogP contribution in [0, 0.1) is 11.3 Å². The summed E-state index contributed by atoms with van der Waals surface area (Å²) >= 11 is 1.36. The lowest BCUT2D eigenvalue weighted by molar-refractivity contribution is 0.415. The Labute approximate surface area is 166 Å². The van der Waals surface area contributed by atoms with Gasteiger partial charge in [-0.05, 0) is 48.5 Å². The number of nitrogens with one attached hydrogen (secondary N) is 1. The Morgan fingerprint density at radius 2 is 1.89 bits per heavy atom. The standard InChI is InChI=1S/C19H16N4O3S2/c1-26-16-6-2-13(3-7-16)18-12-27-19(23-18)14(10-20)11-22-15-4-8-17(9-5-15)28(21,24)25/h2-9,11-12,22H,1H3,(H2,21,24,25). The van der Waals surface area contributed by atoms with Crippen LogP contribution in [0.5, 0.6) is 5.75 Å². The van der Waals surface area contributed by atoms with E-state index in [1.54, 1.807) is 19.2 Å². The van der Waals surface area contributed by atoms with Crippen molar-refractivity contribution >= 4 is 32.6 Å². The van der Waals surface area contributed by atoms with E-state index in [9.17, 15) is 13.7 Å². The number of hydrogen-bond acceptors (Lipinski definition) is 7. The van der Waals surface area contributed by atoms with E-state index in [2.05, 4.69) is 16.4 Å². The Bertz CT molecular complexity index is 1140. The van der Waals surface area contributed by atoms with Crippen molar-refractivity contribution in [2.24, 2.45) is 5.14 Å². The van der Waals surface area contributed by atoms with Crippen molar-refractivity contribution in [3.05, 3.63) is 65.1 Å². The first-order valence-corrected chi connectivity index (χ1v) is 10.4. The number of nitrogens with zero attached hydrogens (tertiary/aromatic N) is 2. The number of nitrogens with two attached hydrogens (primary N) is 1. The topological polar surface area (TPSA) is 118 Å². The first-order valence-electron chi connectivity index (χ1n) is 8.00. The minimum absolute atomic E-state index is 0.0200. The molecule has 1 heterocycles. The maximum Gasteiger partial charge on any atom is 0.238 e. The highest BCUT2D eigenvalue weighted by Gasteiger charge is 2.10. The van der Waals surface area contributed by atoms with E-state index in [0.29, 0.717) is 16.3 Å². The number of hydrogen-bond donors (Lipinski definition) is 2. The van der Waals surface area contributed by atoms with Crippen molar-refractivity contribution in [1.29, 1.82) is 5.26 Å². The lowest BCUT2D eigenvalue weighted by atomic mass is 10.2. The van der Waals surface area contributed by atoms with E-state index in [1.807, 2.05) is 29.6 Å². The van der Waals surface area contributed by atoms with Gasteiger partial charge in [-0.2, -0.15) is 5.26 Å². The molecule has 7 nitrogen and oxygen atoms in total. The third-order valence-electron chi connectivity index (χ3n) is 3.81. The zero-order chi connectivity index (χ0) is 20.1. The lowest BCUT2D eigenvalue weighted by Gasteiger charge is -2.03. The van der Waals surface area contributed by atoms with E-state index < -0.39 is 10.0 Å². The highest BCUT2D eigenvalue weighted by atomic mass is 32.2. The van der Waals surface area contributed by atoms with E-state index in [0.717, 1.165) is 17.0 Å². The normalized spacial score (nSPS) is 11.7. The molecule has 3 rings (SSSR count). The van der Waals surface area contributed by atoms with Crippen LogP contribution in [0.1, 0.15) is 5.01 Å². The van der Waals surface area contributed by atoms with Gasteiger partial charge < -0.3 is 10.1 Å². The number of allylic oxidation sites excluding steroid dienone is 1. The van der Waals surface area contributed by atoms with Gasteiger partial charge in [-0.15, -0.1) is 11.3 Å². The zero-order valence-electron chi connectivity index (χ0n) is 14.8. The van der Waals surface area contributed by atoms with Crippen molar-refractivity contribution in [3.8, 4) is 23.1 Å². The highest BCUT2D eigenvalue weighted by Crippen LogP contribution is 2.27. The molecule has 9 heteroatoms. The summed E-state index contributed by atoms with van der Waals surface area (Å²) in [6.45, 7) is 0. The van der Waals surface area contributed by atoms with Crippen LogP contribution >= 0.6 is 11.3 Å². The summed E-state index contributed by atoms with van der Waals surface area (Å²) in [5.74, 6) is 0.759. The van der Waals surface area contributed by atoms with Gasteiger partial charge in [-0.1, -0.05) is 0 Å². The van der Waals surface area contributed by atoms with E-state index in [-0.39, 0.29) is 4.90 Å². The monoisotopic (exact) mass is 412 g/mol. The fourth-order valence-electron chi connectivity index (χ4n) is 2.33. The SMILES string of the molecule is COc1ccc(-c2csc(C(C#N)=CNc3ccc(S(N)(=O)=O)cc3)n2)cc1. The summed E-state index contributed by atoms with van der Waals surface area (Å²) in [7, 11) is -2.13. The molecule has 0 aliphatic carbocycles. The van der Waals surface area contributed by atoms with Crippen molar-refractivity contribution in [1.82, 2.24) is 4.98 Å². The van der Waals surface area contributed by atoms with Crippen LogP contribution in [-0.4, -0.2) is 20.5 Å². The molecule has 0 saturated carbocycles. The molecule has 0 radical (unpaired) electrons. The number of sulfonamides is 1. The molecular formula is C19H16N4O3S2. The molecule has 142 valence electrons. The second kappa shape index (κ2) is 8.22. The number of thiazole rings is 1. The average molecular weight is 412 g/mol. The molecule has 28 heavy (non-hydrogen) atoms. The predicted molar refractivity (Wildman–Crippen MR) is 109 cm³/mol. The number of nitriles is 1. The Morgan fingerprint density at radius 3 is 2.46 bits per heavy atom. The maximum atomic E-state index is 11.3. The number of anilines is 1. The molecule has 2 aromatic carbocycles. The van der Waals surface area contributed by atoms with E-state index in [4.69, 9.17) is 9.88 Å². The fourth-order valence-corrected chi connectivity index (χ4v) is 3.64. The molecule has 0 saturated heterocycles.